The van der Waals surface area contributed by atoms with Crippen LogP contribution in [0.1, 0.15) is 47.6 Å². The van der Waals surface area contributed by atoms with E-state index in [1.165, 1.54) is 25.7 Å². The van der Waals surface area contributed by atoms with Crippen molar-refractivity contribution in [3.05, 3.63) is 23.2 Å². The Hall–Kier alpha value is -1.29. The van der Waals surface area contributed by atoms with Gasteiger partial charge >= 0.3 is 5.97 Å². The van der Waals surface area contributed by atoms with Gasteiger partial charge in [-0.15, -0.1) is 0 Å². The van der Waals surface area contributed by atoms with Gasteiger partial charge in [-0.1, -0.05) is 12.8 Å². The minimum atomic E-state index is -0.925. The normalized spacial score (nSPS) is 15.1. The molecule has 1 aromatic heterocycles. The maximum absolute atomic E-state index is 10.8. The van der Waals surface area contributed by atoms with Crippen molar-refractivity contribution in [2.45, 2.75) is 39.2 Å². The van der Waals surface area contributed by atoms with Crippen LogP contribution in [0.5, 0.6) is 0 Å². The Bertz CT molecular complexity index is 393. The van der Waals surface area contributed by atoms with E-state index in [0.29, 0.717) is 18.1 Å². The van der Waals surface area contributed by atoms with Gasteiger partial charge in [0.15, 0.2) is 0 Å². The molecule has 0 aromatic carbocycles. The van der Waals surface area contributed by atoms with Gasteiger partial charge in [0.05, 0.1) is 6.54 Å². The monoisotopic (exact) mass is 237 g/mol. The van der Waals surface area contributed by atoms with E-state index in [4.69, 9.17) is 9.52 Å². The number of nitrogens with one attached hydrogen (secondary N) is 1. The number of carbonyl (C=O) groups is 1. The van der Waals surface area contributed by atoms with Gasteiger partial charge in [0.25, 0.3) is 0 Å². The van der Waals surface area contributed by atoms with Crippen molar-refractivity contribution in [1.29, 1.82) is 0 Å². The van der Waals surface area contributed by atoms with Crippen molar-refractivity contribution in [3.63, 3.8) is 0 Å². The molecule has 4 nitrogen and oxygen atoms in total. The number of hydrogen-bond acceptors (Lipinski definition) is 3. The maximum atomic E-state index is 10.8. The number of hydrogen-bond donors (Lipinski definition) is 2. The Morgan fingerprint density at radius 1 is 1.59 bits per heavy atom. The zero-order valence-electron chi connectivity index (χ0n) is 10.2. The van der Waals surface area contributed by atoms with Crippen LogP contribution >= 0.6 is 0 Å². The van der Waals surface area contributed by atoms with Crippen LogP contribution in [0, 0.1) is 12.8 Å². The Labute approximate surface area is 101 Å². The average Bonchev–Trinajstić information content (AvgIpc) is 3.01. The highest BCUT2D eigenvalue weighted by Crippen LogP contribution is 2.33. The van der Waals surface area contributed by atoms with E-state index >= 15 is 0 Å². The van der Waals surface area contributed by atoms with Crippen molar-refractivity contribution in [1.82, 2.24) is 5.32 Å². The molecule has 1 fully saturated rings. The molecule has 0 amide bonds. The zero-order chi connectivity index (χ0) is 12.3. The molecule has 17 heavy (non-hydrogen) atoms. The first-order valence-electron chi connectivity index (χ1n) is 6.20. The number of furan rings is 1. The highest BCUT2D eigenvalue weighted by Gasteiger charge is 2.20. The van der Waals surface area contributed by atoms with Crippen LogP contribution < -0.4 is 5.32 Å². The summed E-state index contributed by atoms with van der Waals surface area (Å²) < 4.78 is 5.37. The fourth-order valence-electron chi connectivity index (χ4n) is 1.98. The lowest BCUT2D eigenvalue weighted by atomic mass is 10.2. The number of carboxylic acids is 1. The second-order valence-corrected chi connectivity index (χ2v) is 4.75. The summed E-state index contributed by atoms with van der Waals surface area (Å²) in [7, 11) is 0. The van der Waals surface area contributed by atoms with Gasteiger partial charge in [-0.3, -0.25) is 0 Å². The smallest absolute Gasteiger partial charge is 0.339 e. The molecule has 0 spiro atoms. The fourth-order valence-corrected chi connectivity index (χ4v) is 1.98. The molecule has 2 N–H and O–H groups in total. The lowest BCUT2D eigenvalue weighted by molar-refractivity contribution is 0.0695. The third kappa shape index (κ3) is 3.60. The summed E-state index contributed by atoms with van der Waals surface area (Å²) in [6.45, 7) is 3.26. The van der Waals surface area contributed by atoms with Gasteiger partial charge in [0, 0.05) is 0 Å². The van der Waals surface area contributed by atoms with E-state index in [2.05, 4.69) is 5.32 Å². The summed E-state index contributed by atoms with van der Waals surface area (Å²) >= 11 is 0. The van der Waals surface area contributed by atoms with Gasteiger partial charge < -0.3 is 14.8 Å². The van der Waals surface area contributed by atoms with Crippen LogP contribution in [0.25, 0.3) is 0 Å². The molecule has 1 aliphatic rings. The van der Waals surface area contributed by atoms with Gasteiger partial charge in [-0.05, 0) is 38.3 Å². The van der Waals surface area contributed by atoms with Crippen molar-refractivity contribution < 1.29 is 14.3 Å². The van der Waals surface area contributed by atoms with E-state index in [9.17, 15) is 4.79 Å². The Morgan fingerprint density at radius 2 is 2.35 bits per heavy atom. The zero-order valence-corrected chi connectivity index (χ0v) is 10.2. The topological polar surface area (TPSA) is 62.5 Å². The summed E-state index contributed by atoms with van der Waals surface area (Å²) in [5, 5.41) is 12.2. The average molecular weight is 237 g/mol. The van der Waals surface area contributed by atoms with E-state index in [1.807, 2.05) is 0 Å². The standard InChI is InChI=1S/C13H19NO3/c1-9-12(13(15)16)7-11(17-9)8-14-6-2-3-10-4-5-10/h7,10,14H,2-6,8H2,1H3,(H,15,16). The van der Waals surface area contributed by atoms with E-state index in [-0.39, 0.29) is 5.56 Å². The Kier molecular flexibility index (Phi) is 3.84. The van der Waals surface area contributed by atoms with Crippen molar-refractivity contribution >= 4 is 5.97 Å². The largest absolute Gasteiger partial charge is 0.478 e. The molecule has 1 saturated carbocycles. The van der Waals surface area contributed by atoms with Crippen LogP contribution in [-0.2, 0) is 6.54 Å². The number of rotatable bonds is 7. The minimum absolute atomic E-state index is 0.264. The van der Waals surface area contributed by atoms with Crippen LogP contribution in [0.3, 0.4) is 0 Å². The summed E-state index contributed by atoms with van der Waals surface area (Å²) in [6.07, 6.45) is 5.30. The van der Waals surface area contributed by atoms with Crippen LogP contribution in [-0.4, -0.2) is 17.6 Å². The molecule has 4 heteroatoms. The predicted molar refractivity (Wildman–Crippen MR) is 64.1 cm³/mol. The molecule has 0 radical (unpaired) electrons. The third-order valence-corrected chi connectivity index (χ3v) is 3.16. The first-order valence-corrected chi connectivity index (χ1v) is 6.20. The molecule has 1 aromatic rings. The summed E-state index contributed by atoms with van der Waals surface area (Å²) in [6, 6.07) is 1.60. The van der Waals surface area contributed by atoms with Gasteiger partial charge in [0.1, 0.15) is 17.1 Å². The lowest BCUT2D eigenvalue weighted by Gasteiger charge is -2.01. The summed E-state index contributed by atoms with van der Waals surface area (Å²) in [4.78, 5) is 10.8. The lowest BCUT2D eigenvalue weighted by Crippen LogP contribution is -2.14. The second-order valence-electron chi connectivity index (χ2n) is 4.75. The molecule has 1 heterocycles. The second kappa shape index (κ2) is 5.36. The highest BCUT2D eigenvalue weighted by atomic mass is 16.4. The van der Waals surface area contributed by atoms with Crippen molar-refractivity contribution in [2.24, 2.45) is 5.92 Å². The van der Waals surface area contributed by atoms with Crippen LogP contribution in [0.4, 0.5) is 0 Å². The molecule has 0 saturated heterocycles. The molecule has 0 aliphatic heterocycles. The number of carboxylic acid groups (broad SMARTS) is 1. The molecule has 0 bridgehead atoms. The number of aromatic carboxylic acids is 1. The summed E-state index contributed by atoms with van der Waals surface area (Å²) in [5.74, 6) is 1.23. The highest BCUT2D eigenvalue weighted by molar-refractivity contribution is 5.88. The molecule has 1 aliphatic carbocycles. The summed E-state index contributed by atoms with van der Waals surface area (Å²) in [5.41, 5.74) is 0.264. The van der Waals surface area contributed by atoms with Crippen LogP contribution in [0.15, 0.2) is 10.5 Å². The van der Waals surface area contributed by atoms with E-state index in [1.54, 1.807) is 13.0 Å². The van der Waals surface area contributed by atoms with Gasteiger partial charge in [0.2, 0.25) is 0 Å². The van der Waals surface area contributed by atoms with Crippen molar-refractivity contribution in [3.8, 4) is 0 Å². The fraction of sp³-hybridized carbons (Fsp3) is 0.615. The Morgan fingerprint density at radius 3 is 2.94 bits per heavy atom. The molecule has 94 valence electrons. The molecule has 0 unspecified atom stereocenters. The molecular weight excluding hydrogens is 218 g/mol. The molecular formula is C13H19NO3. The van der Waals surface area contributed by atoms with E-state index in [0.717, 1.165) is 12.5 Å². The van der Waals surface area contributed by atoms with Crippen LogP contribution in [0.2, 0.25) is 0 Å². The minimum Gasteiger partial charge on any atom is -0.478 e. The predicted octanol–water partition coefficient (Wildman–Crippen LogP) is 2.57. The molecule has 0 atom stereocenters. The quantitative estimate of drug-likeness (QED) is 0.715. The third-order valence-electron chi connectivity index (χ3n) is 3.16. The molecule has 2 rings (SSSR count). The SMILES string of the molecule is Cc1oc(CNCCCC2CC2)cc1C(=O)O. The Balaban J connectivity index is 1.70. The first-order chi connectivity index (χ1) is 8.16. The first kappa shape index (κ1) is 12.2. The number of aryl methyl sites for hydroxylation is 1. The maximum Gasteiger partial charge on any atom is 0.339 e. The van der Waals surface area contributed by atoms with E-state index < -0.39 is 5.97 Å². The van der Waals surface area contributed by atoms with Gasteiger partial charge in [-0.25, -0.2) is 4.79 Å². The van der Waals surface area contributed by atoms with Crippen molar-refractivity contribution in [2.75, 3.05) is 6.54 Å². The van der Waals surface area contributed by atoms with Gasteiger partial charge in [-0.2, -0.15) is 0 Å².